The molecule has 30 heavy (non-hydrogen) atoms. The van der Waals surface area contributed by atoms with Crippen molar-refractivity contribution in [1.82, 2.24) is 0 Å². The van der Waals surface area contributed by atoms with E-state index < -0.39 is 21.9 Å². The van der Waals surface area contributed by atoms with E-state index >= 15 is 0 Å². The zero-order valence-corrected chi connectivity index (χ0v) is 18.3. The van der Waals surface area contributed by atoms with Gasteiger partial charge in [0.05, 0.1) is 21.0 Å². The summed E-state index contributed by atoms with van der Waals surface area (Å²) in [4.78, 5) is 23.6. The standard InChI is InChI=1S/C20H14BrClN2O5S/c21-13-4-6-14(7-5-13)24-30(28,29)16-8-9-18(22)17(11-16)19(25)23-15-3-1-2-12(10-15)20(26)27/h1-11,24H,(H,23,25)(H,26,27). The highest BCUT2D eigenvalue weighted by Crippen LogP contribution is 2.24. The molecule has 0 radical (unpaired) electrons. The lowest BCUT2D eigenvalue weighted by atomic mass is 10.1. The molecule has 0 unspecified atom stereocenters. The minimum Gasteiger partial charge on any atom is -0.478 e. The number of carboxylic acid groups (broad SMARTS) is 1. The smallest absolute Gasteiger partial charge is 0.335 e. The highest BCUT2D eigenvalue weighted by Gasteiger charge is 2.19. The van der Waals surface area contributed by atoms with Crippen LogP contribution in [-0.2, 0) is 10.0 Å². The maximum Gasteiger partial charge on any atom is 0.335 e. The van der Waals surface area contributed by atoms with Crippen molar-refractivity contribution in [1.29, 1.82) is 0 Å². The third kappa shape index (κ3) is 5.18. The molecule has 0 aliphatic heterocycles. The number of amides is 1. The first-order valence-electron chi connectivity index (χ1n) is 8.38. The topological polar surface area (TPSA) is 113 Å². The number of carboxylic acids is 1. The van der Waals surface area contributed by atoms with E-state index in [9.17, 15) is 18.0 Å². The van der Waals surface area contributed by atoms with Crippen molar-refractivity contribution >= 4 is 60.8 Å². The van der Waals surface area contributed by atoms with Crippen molar-refractivity contribution < 1.29 is 23.1 Å². The van der Waals surface area contributed by atoms with Crippen molar-refractivity contribution in [3.8, 4) is 0 Å². The van der Waals surface area contributed by atoms with E-state index in [4.69, 9.17) is 16.7 Å². The van der Waals surface area contributed by atoms with Crippen molar-refractivity contribution in [2.75, 3.05) is 10.0 Å². The first-order valence-corrected chi connectivity index (χ1v) is 11.0. The second-order valence-electron chi connectivity index (χ2n) is 6.09. The van der Waals surface area contributed by atoms with Crippen LogP contribution in [0.2, 0.25) is 5.02 Å². The second kappa shape index (κ2) is 8.86. The van der Waals surface area contributed by atoms with Gasteiger partial charge in [-0.25, -0.2) is 13.2 Å². The number of carbonyl (C=O) groups is 2. The molecule has 1 amide bonds. The van der Waals surface area contributed by atoms with Crippen LogP contribution in [0.5, 0.6) is 0 Å². The van der Waals surface area contributed by atoms with Crippen LogP contribution in [0.3, 0.4) is 0 Å². The Morgan fingerprint density at radius 3 is 2.30 bits per heavy atom. The Morgan fingerprint density at radius 1 is 0.933 bits per heavy atom. The molecule has 0 saturated carbocycles. The summed E-state index contributed by atoms with van der Waals surface area (Å²) in [6, 6.07) is 15.9. The molecule has 3 rings (SSSR count). The van der Waals surface area contributed by atoms with E-state index in [0.29, 0.717) is 5.69 Å². The maximum absolute atomic E-state index is 12.7. The zero-order valence-electron chi connectivity index (χ0n) is 15.1. The van der Waals surface area contributed by atoms with Crippen LogP contribution < -0.4 is 10.0 Å². The van der Waals surface area contributed by atoms with Gasteiger partial charge in [-0.15, -0.1) is 0 Å². The quantitative estimate of drug-likeness (QED) is 0.439. The summed E-state index contributed by atoms with van der Waals surface area (Å²) in [6.07, 6.45) is 0. The van der Waals surface area contributed by atoms with Gasteiger partial charge in [0.15, 0.2) is 0 Å². The number of rotatable bonds is 6. The Kier molecular flexibility index (Phi) is 6.45. The summed E-state index contributed by atoms with van der Waals surface area (Å²) in [6.45, 7) is 0. The van der Waals surface area contributed by atoms with Crippen LogP contribution in [0.25, 0.3) is 0 Å². The van der Waals surface area contributed by atoms with Gasteiger partial charge in [-0.2, -0.15) is 0 Å². The molecule has 0 fully saturated rings. The Balaban J connectivity index is 1.87. The number of carbonyl (C=O) groups excluding carboxylic acids is 1. The summed E-state index contributed by atoms with van der Waals surface area (Å²) in [5.74, 6) is -1.82. The predicted molar refractivity (Wildman–Crippen MR) is 118 cm³/mol. The third-order valence-electron chi connectivity index (χ3n) is 3.96. The lowest BCUT2D eigenvalue weighted by Crippen LogP contribution is -2.16. The van der Waals surface area contributed by atoms with E-state index in [1.54, 1.807) is 24.3 Å². The summed E-state index contributed by atoms with van der Waals surface area (Å²) in [5.41, 5.74) is 0.506. The molecule has 154 valence electrons. The molecule has 3 aromatic rings. The average molecular weight is 510 g/mol. The van der Waals surface area contributed by atoms with Gasteiger partial charge in [0.2, 0.25) is 0 Å². The largest absolute Gasteiger partial charge is 0.478 e. The van der Waals surface area contributed by atoms with Crippen molar-refractivity contribution in [3.05, 3.63) is 87.4 Å². The number of benzene rings is 3. The fraction of sp³-hybridized carbons (Fsp3) is 0. The molecule has 0 aliphatic carbocycles. The fourth-order valence-corrected chi connectivity index (χ4v) is 4.06. The number of hydrogen-bond acceptors (Lipinski definition) is 4. The Bertz CT molecular complexity index is 1230. The van der Waals surface area contributed by atoms with Gasteiger partial charge >= 0.3 is 5.97 Å². The fourth-order valence-electron chi connectivity index (χ4n) is 2.51. The molecule has 10 heteroatoms. The molecule has 0 atom stereocenters. The monoisotopic (exact) mass is 508 g/mol. The molecule has 3 aromatic carbocycles. The Hall–Kier alpha value is -2.88. The molecular weight excluding hydrogens is 496 g/mol. The van der Waals surface area contributed by atoms with Gasteiger partial charge in [0, 0.05) is 15.8 Å². The molecule has 7 nitrogen and oxygen atoms in total. The molecule has 3 N–H and O–H groups in total. The van der Waals surface area contributed by atoms with E-state index in [-0.39, 0.29) is 26.7 Å². The van der Waals surface area contributed by atoms with E-state index in [1.807, 2.05) is 0 Å². The molecule has 0 bridgehead atoms. The number of hydrogen-bond donors (Lipinski definition) is 3. The normalized spacial score (nSPS) is 11.0. The summed E-state index contributed by atoms with van der Waals surface area (Å²) in [5, 5.41) is 11.6. The van der Waals surface area contributed by atoms with Gasteiger partial charge in [0.25, 0.3) is 15.9 Å². The van der Waals surface area contributed by atoms with Crippen LogP contribution in [0.15, 0.2) is 76.1 Å². The van der Waals surface area contributed by atoms with Gasteiger partial charge in [-0.3, -0.25) is 9.52 Å². The summed E-state index contributed by atoms with van der Waals surface area (Å²) >= 11 is 9.37. The molecular formula is C20H14BrClN2O5S. The highest BCUT2D eigenvalue weighted by molar-refractivity contribution is 9.10. The van der Waals surface area contributed by atoms with Crippen molar-refractivity contribution in [2.45, 2.75) is 4.90 Å². The number of nitrogens with one attached hydrogen (secondary N) is 2. The summed E-state index contributed by atoms with van der Waals surface area (Å²) < 4.78 is 28.6. The molecule has 0 spiro atoms. The van der Waals surface area contributed by atoms with E-state index in [2.05, 4.69) is 26.0 Å². The Morgan fingerprint density at radius 2 is 1.63 bits per heavy atom. The molecule has 0 heterocycles. The van der Waals surface area contributed by atoms with Crippen LogP contribution in [0.1, 0.15) is 20.7 Å². The number of anilines is 2. The highest BCUT2D eigenvalue weighted by atomic mass is 79.9. The SMILES string of the molecule is O=C(O)c1cccc(NC(=O)c2cc(S(=O)(=O)Nc3ccc(Br)cc3)ccc2Cl)c1. The number of halogens is 2. The van der Waals surface area contributed by atoms with Crippen LogP contribution in [0.4, 0.5) is 11.4 Å². The lowest BCUT2D eigenvalue weighted by molar-refractivity contribution is 0.0696. The Labute approximate surface area is 185 Å². The van der Waals surface area contributed by atoms with Crippen LogP contribution in [-0.4, -0.2) is 25.4 Å². The minimum absolute atomic E-state index is 0.00563. The molecule has 0 aliphatic rings. The summed E-state index contributed by atoms with van der Waals surface area (Å²) in [7, 11) is -3.97. The van der Waals surface area contributed by atoms with E-state index in [0.717, 1.165) is 10.5 Å². The van der Waals surface area contributed by atoms with Gasteiger partial charge in [-0.1, -0.05) is 33.6 Å². The van der Waals surface area contributed by atoms with Gasteiger partial charge < -0.3 is 10.4 Å². The first kappa shape index (κ1) is 21.8. The predicted octanol–water partition coefficient (Wildman–Crippen LogP) is 4.85. The van der Waals surface area contributed by atoms with Crippen LogP contribution in [0, 0.1) is 0 Å². The maximum atomic E-state index is 12.7. The van der Waals surface area contributed by atoms with Crippen molar-refractivity contribution in [3.63, 3.8) is 0 Å². The number of sulfonamides is 1. The average Bonchev–Trinajstić information content (AvgIpc) is 2.70. The molecule has 0 aromatic heterocycles. The van der Waals surface area contributed by atoms with E-state index in [1.165, 1.54) is 36.4 Å². The van der Waals surface area contributed by atoms with Crippen LogP contribution >= 0.6 is 27.5 Å². The first-order chi connectivity index (χ1) is 14.2. The van der Waals surface area contributed by atoms with Crippen molar-refractivity contribution in [2.24, 2.45) is 0 Å². The van der Waals surface area contributed by atoms with Gasteiger partial charge in [0.1, 0.15) is 0 Å². The zero-order chi connectivity index (χ0) is 21.9. The minimum atomic E-state index is -3.97. The van der Waals surface area contributed by atoms with Gasteiger partial charge in [-0.05, 0) is 60.7 Å². The second-order valence-corrected chi connectivity index (χ2v) is 9.10. The number of aromatic carboxylic acids is 1. The lowest BCUT2D eigenvalue weighted by Gasteiger charge is -2.11. The third-order valence-corrected chi connectivity index (χ3v) is 6.19. The molecule has 0 saturated heterocycles.